The third kappa shape index (κ3) is 4.14. The number of esters is 1. The van der Waals surface area contributed by atoms with Crippen molar-refractivity contribution in [2.45, 2.75) is 25.3 Å². The van der Waals surface area contributed by atoms with Crippen molar-refractivity contribution in [3.05, 3.63) is 46.1 Å². The lowest BCUT2D eigenvalue weighted by atomic mass is 9.95. The van der Waals surface area contributed by atoms with Gasteiger partial charge >= 0.3 is 12.0 Å². The third-order valence-corrected chi connectivity index (χ3v) is 4.84. The molecule has 2 heterocycles. The van der Waals surface area contributed by atoms with Gasteiger partial charge in [-0.2, -0.15) is 0 Å². The van der Waals surface area contributed by atoms with E-state index in [4.69, 9.17) is 16.3 Å². The summed E-state index contributed by atoms with van der Waals surface area (Å²) in [5.74, 6) is -0.445. The molecule has 2 amide bonds. The number of carbonyl (C=O) groups excluding carboxylic acids is 2. The highest BCUT2D eigenvalue weighted by atomic mass is 35.5. The van der Waals surface area contributed by atoms with Crippen molar-refractivity contribution in [3.8, 4) is 0 Å². The van der Waals surface area contributed by atoms with Gasteiger partial charge in [-0.25, -0.2) is 9.59 Å². The van der Waals surface area contributed by atoms with E-state index in [0.717, 1.165) is 31.5 Å². The lowest BCUT2D eigenvalue weighted by molar-refractivity contribution is -0.136. The van der Waals surface area contributed by atoms with Crippen LogP contribution in [0.25, 0.3) is 0 Å². The van der Waals surface area contributed by atoms with E-state index < -0.39 is 12.0 Å². The van der Waals surface area contributed by atoms with Crippen molar-refractivity contribution in [3.63, 3.8) is 0 Å². The summed E-state index contributed by atoms with van der Waals surface area (Å²) in [6, 6.07) is 6.21. The van der Waals surface area contributed by atoms with Crippen LogP contribution in [0.2, 0.25) is 5.02 Å². The number of likely N-dealkylation sites (tertiary alicyclic amines) is 1. The van der Waals surface area contributed by atoms with Crippen LogP contribution in [0.15, 0.2) is 35.5 Å². The predicted octanol–water partition coefficient (Wildman–Crippen LogP) is 2.61. The predicted molar refractivity (Wildman–Crippen MR) is 95.2 cm³/mol. The van der Waals surface area contributed by atoms with Crippen molar-refractivity contribution in [2.24, 2.45) is 0 Å². The quantitative estimate of drug-likeness (QED) is 0.807. The second kappa shape index (κ2) is 7.89. The van der Waals surface area contributed by atoms with Crippen LogP contribution in [0.5, 0.6) is 0 Å². The fraction of sp³-hybridized carbons (Fsp3) is 0.444. The van der Waals surface area contributed by atoms with Gasteiger partial charge in [0.15, 0.2) is 0 Å². The molecule has 0 saturated carbocycles. The second-order valence-corrected chi connectivity index (χ2v) is 6.74. The molecule has 1 aromatic carbocycles. The van der Waals surface area contributed by atoms with E-state index in [1.165, 1.54) is 13.5 Å². The SMILES string of the molecule is COC(=O)C1=C(CN2CCCCC2)NC(=O)N[C@H]1c1ccc(Cl)cc1. The maximum Gasteiger partial charge on any atom is 0.338 e. The average molecular weight is 364 g/mol. The molecule has 0 spiro atoms. The molecule has 2 aliphatic rings. The highest BCUT2D eigenvalue weighted by molar-refractivity contribution is 6.30. The summed E-state index contributed by atoms with van der Waals surface area (Å²) in [6.07, 6.45) is 3.49. The molecule has 1 fully saturated rings. The standard InChI is InChI=1S/C18H22ClN3O3/c1-25-17(23)15-14(11-22-9-3-2-4-10-22)20-18(24)21-16(15)12-5-7-13(19)8-6-12/h5-8,16H,2-4,9-11H2,1H3,(H2,20,21,24)/t16-/m0/s1. The number of piperidine rings is 1. The Balaban J connectivity index is 1.96. The number of amides is 2. The number of nitrogens with zero attached hydrogens (tertiary/aromatic N) is 1. The van der Waals surface area contributed by atoms with Crippen LogP contribution >= 0.6 is 11.6 Å². The minimum Gasteiger partial charge on any atom is -0.466 e. The van der Waals surface area contributed by atoms with Gasteiger partial charge < -0.3 is 15.4 Å². The molecule has 1 aromatic rings. The Morgan fingerprint density at radius 3 is 2.56 bits per heavy atom. The Kier molecular flexibility index (Phi) is 5.60. The van der Waals surface area contributed by atoms with E-state index in [9.17, 15) is 9.59 Å². The first-order valence-corrected chi connectivity index (χ1v) is 8.83. The molecular weight excluding hydrogens is 342 g/mol. The molecule has 0 aliphatic carbocycles. The van der Waals surface area contributed by atoms with E-state index in [-0.39, 0.29) is 6.03 Å². The van der Waals surface area contributed by atoms with Gasteiger partial charge in [0, 0.05) is 17.3 Å². The largest absolute Gasteiger partial charge is 0.466 e. The molecule has 0 radical (unpaired) electrons. The van der Waals surface area contributed by atoms with Crippen LogP contribution in [0.4, 0.5) is 4.79 Å². The number of rotatable bonds is 4. The fourth-order valence-electron chi connectivity index (χ4n) is 3.34. The zero-order chi connectivity index (χ0) is 17.8. The summed E-state index contributed by atoms with van der Waals surface area (Å²) in [4.78, 5) is 26.9. The summed E-state index contributed by atoms with van der Waals surface area (Å²) in [7, 11) is 1.35. The topological polar surface area (TPSA) is 70.7 Å². The van der Waals surface area contributed by atoms with Gasteiger partial charge in [0.2, 0.25) is 0 Å². The molecule has 0 unspecified atom stereocenters. The Hall–Kier alpha value is -2.05. The Labute approximate surface area is 152 Å². The Morgan fingerprint density at radius 2 is 1.92 bits per heavy atom. The number of halogens is 1. The average Bonchev–Trinajstić information content (AvgIpc) is 2.62. The van der Waals surface area contributed by atoms with E-state index in [2.05, 4.69) is 15.5 Å². The van der Waals surface area contributed by atoms with Gasteiger partial charge in [-0.3, -0.25) is 4.90 Å². The first-order chi connectivity index (χ1) is 12.1. The number of nitrogens with one attached hydrogen (secondary N) is 2. The minimum atomic E-state index is -0.557. The van der Waals surface area contributed by atoms with Crippen LogP contribution in [-0.4, -0.2) is 43.6 Å². The molecule has 0 bridgehead atoms. The summed E-state index contributed by atoms with van der Waals surface area (Å²) in [5, 5.41) is 6.21. The van der Waals surface area contributed by atoms with E-state index >= 15 is 0 Å². The van der Waals surface area contributed by atoms with E-state index in [0.29, 0.717) is 22.8 Å². The van der Waals surface area contributed by atoms with Gasteiger partial charge in [-0.15, -0.1) is 0 Å². The molecule has 134 valence electrons. The van der Waals surface area contributed by atoms with Crippen molar-refractivity contribution in [1.82, 2.24) is 15.5 Å². The summed E-state index contributed by atoms with van der Waals surface area (Å²) in [5.41, 5.74) is 1.84. The highest BCUT2D eigenvalue weighted by Crippen LogP contribution is 2.29. The fourth-order valence-corrected chi connectivity index (χ4v) is 3.47. The summed E-state index contributed by atoms with van der Waals surface area (Å²) in [6.45, 7) is 2.46. The number of urea groups is 1. The first kappa shape index (κ1) is 17.8. The molecule has 2 N–H and O–H groups in total. The van der Waals surface area contributed by atoms with Crippen molar-refractivity contribution >= 4 is 23.6 Å². The molecule has 1 saturated heterocycles. The molecule has 25 heavy (non-hydrogen) atoms. The van der Waals surface area contributed by atoms with Crippen LogP contribution in [0.3, 0.4) is 0 Å². The maximum absolute atomic E-state index is 12.5. The second-order valence-electron chi connectivity index (χ2n) is 6.30. The van der Waals surface area contributed by atoms with Crippen LogP contribution in [0.1, 0.15) is 30.9 Å². The minimum absolute atomic E-state index is 0.320. The molecule has 7 heteroatoms. The number of benzene rings is 1. The maximum atomic E-state index is 12.5. The smallest absolute Gasteiger partial charge is 0.338 e. The summed E-state index contributed by atoms with van der Waals surface area (Å²) >= 11 is 5.95. The van der Waals surface area contributed by atoms with Gasteiger partial charge in [0.1, 0.15) is 0 Å². The zero-order valence-corrected chi connectivity index (χ0v) is 14.9. The van der Waals surface area contributed by atoms with Crippen LogP contribution in [-0.2, 0) is 9.53 Å². The van der Waals surface area contributed by atoms with Gasteiger partial charge in [-0.1, -0.05) is 30.2 Å². The van der Waals surface area contributed by atoms with Crippen molar-refractivity contribution < 1.29 is 14.3 Å². The van der Waals surface area contributed by atoms with Crippen molar-refractivity contribution in [1.29, 1.82) is 0 Å². The number of methoxy groups -OCH3 is 1. The van der Waals surface area contributed by atoms with E-state index in [1.54, 1.807) is 24.3 Å². The van der Waals surface area contributed by atoms with E-state index in [1.807, 2.05) is 0 Å². The highest BCUT2D eigenvalue weighted by Gasteiger charge is 2.34. The lowest BCUT2D eigenvalue weighted by Crippen LogP contribution is -2.48. The van der Waals surface area contributed by atoms with Gasteiger partial charge in [0.25, 0.3) is 0 Å². The molecular formula is C18H22ClN3O3. The molecule has 6 nitrogen and oxygen atoms in total. The summed E-state index contributed by atoms with van der Waals surface area (Å²) < 4.78 is 4.99. The third-order valence-electron chi connectivity index (χ3n) is 4.59. The van der Waals surface area contributed by atoms with Gasteiger partial charge in [0.05, 0.1) is 18.7 Å². The van der Waals surface area contributed by atoms with Crippen molar-refractivity contribution in [2.75, 3.05) is 26.7 Å². The molecule has 2 aliphatic heterocycles. The van der Waals surface area contributed by atoms with Crippen LogP contribution in [0, 0.1) is 0 Å². The lowest BCUT2D eigenvalue weighted by Gasteiger charge is -2.33. The molecule has 0 aromatic heterocycles. The first-order valence-electron chi connectivity index (χ1n) is 8.45. The number of hydrogen-bond donors (Lipinski definition) is 2. The number of hydrogen-bond acceptors (Lipinski definition) is 4. The zero-order valence-electron chi connectivity index (χ0n) is 14.2. The normalized spacial score (nSPS) is 21.5. The monoisotopic (exact) mass is 363 g/mol. The number of ether oxygens (including phenoxy) is 1. The Morgan fingerprint density at radius 1 is 1.24 bits per heavy atom. The molecule has 3 rings (SSSR count). The molecule has 1 atom stereocenters. The van der Waals surface area contributed by atoms with Gasteiger partial charge in [-0.05, 0) is 43.6 Å². The van der Waals surface area contributed by atoms with Crippen LogP contribution < -0.4 is 10.6 Å². The Bertz CT molecular complexity index is 681. The number of carbonyl (C=O) groups is 2.